The maximum absolute atomic E-state index is 4.54. The van der Waals surface area contributed by atoms with E-state index in [1.807, 2.05) is 31.4 Å². The van der Waals surface area contributed by atoms with Crippen molar-refractivity contribution in [3.63, 3.8) is 0 Å². The Balaban J connectivity index is 1.48. The van der Waals surface area contributed by atoms with Crippen molar-refractivity contribution in [3.8, 4) is 0 Å². The van der Waals surface area contributed by atoms with Crippen molar-refractivity contribution in [2.24, 2.45) is 0 Å². The zero-order chi connectivity index (χ0) is 15.9. The fourth-order valence-corrected chi connectivity index (χ4v) is 4.26. The summed E-state index contributed by atoms with van der Waals surface area (Å²) in [6, 6.07) is 4.32. The highest BCUT2D eigenvalue weighted by Crippen LogP contribution is 2.44. The predicted molar refractivity (Wildman–Crippen MR) is 91.7 cm³/mol. The maximum Gasteiger partial charge on any atom is 0.127 e. The van der Waals surface area contributed by atoms with Gasteiger partial charge in [0.1, 0.15) is 5.82 Å². The minimum absolute atomic E-state index is 0.307. The quantitative estimate of drug-likeness (QED) is 0.945. The fourth-order valence-electron chi connectivity index (χ4n) is 4.26. The second kappa shape index (κ2) is 5.64. The smallest absolute Gasteiger partial charge is 0.127 e. The second-order valence-corrected chi connectivity index (χ2v) is 7.28. The molecule has 1 aliphatic heterocycles. The van der Waals surface area contributed by atoms with Crippen molar-refractivity contribution < 1.29 is 0 Å². The number of hydrogen-bond donors (Lipinski definition) is 1. The van der Waals surface area contributed by atoms with Gasteiger partial charge in [-0.05, 0) is 49.4 Å². The molecule has 0 bridgehead atoms. The van der Waals surface area contributed by atoms with Crippen LogP contribution in [0.3, 0.4) is 0 Å². The molecule has 4 rings (SSSR count). The average molecular weight is 311 g/mol. The van der Waals surface area contributed by atoms with E-state index in [9.17, 15) is 0 Å². The van der Waals surface area contributed by atoms with E-state index in [-0.39, 0.29) is 0 Å². The number of piperidine rings is 1. The standard InChI is InChI=1S/C18H25N5/c1-22(2)16-5-4-14(10-19-16)12-23-9-3-7-18(13-23)8-6-15-11-20-21-17(15)18/h4-5,10-11H,3,6-9,12-13H2,1-2H3,(H,20,21). The first-order valence-electron chi connectivity index (χ1n) is 8.54. The van der Waals surface area contributed by atoms with Crippen molar-refractivity contribution in [1.82, 2.24) is 20.1 Å². The zero-order valence-electron chi connectivity index (χ0n) is 14.0. The highest BCUT2D eigenvalue weighted by Gasteiger charge is 2.43. The third-order valence-corrected chi connectivity index (χ3v) is 5.45. The number of nitrogens with one attached hydrogen (secondary N) is 1. The van der Waals surface area contributed by atoms with Crippen LogP contribution in [-0.2, 0) is 18.4 Å². The normalized spacial score (nSPS) is 24.1. The van der Waals surface area contributed by atoms with Crippen LogP contribution in [0.5, 0.6) is 0 Å². The maximum atomic E-state index is 4.54. The molecule has 3 heterocycles. The summed E-state index contributed by atoms with van der Waals surface area (Å²) >= 11 is 0. The molecule has 1 unspecified atom stereocenters. The average Bonchev–Trinajstić information content (AvgIpc) is 3.13. The van der Waals surface area contributed by atoms with E-state index in [0.717, 1.165) is 18.9 Å². The van der Waals surface area contributed by atoms with Crippen LogP contribution >= 0.6 is 0 Å². The van der Waals surface area contributed by atoms with Gasteiger partial charge in [0.2, 0.25) is 0 Å². The minimum atomic E-state index is 0.307. The number of aromatic amines is 1. The number of nitrogens with zero attached hydrogens (tertiary/aromatic N) is 4. The number of anilines is 1. The van der Waals surface area contributed by atoms with Gasteiger partial charge in [0.15, 0.2) is 0 Å². The summed E-state index contributed by atoms with van der Waals surface area (Å²) in [7, 11) is 4.05. The Morgan fingerprint density at radius 2 is 2.17 bits per heavy atom. The molecule has 5 nitrogen and oxygen atoms in total. The first-order valence-corrected chi connectivity index (χ1v) is 8.54. The SMILES string of the molecule is CN(C)c1ccc(CN2CCCC3(CCc4cn[nH]c43)C2)cn1. The van der Waals surface area contributed by atoms with E-state index in [1.54, 1.807) is 0 Å². The van der Waals surface area contributed by atoms with Crippen LogP contribution in [0.4, 0.5) is 5.82 Å². The van der Waals surface area contributed by atoms with Gasteiger partial charge < -0.3 is 4.90 Å². The summed E-state index contributed by atoms with van der Waals surface area (Å²) in [6.07, 6.45) is 9.04. The summed E-state index contributed by atoms with van der Waals surface area (Å²) in [5.74, 6) is 1.02. The molecule has 1 saturated heterocycles. The Morgan fingerprint density at radius 1 is 1.26 bits per heavy atom. The Bertz CT molecular complexity index is 675. The lowest BCUT2D eigenvalue weighted by Gasteiger charge is -2.40. The van der Waals surface area contributed by atoms with E-state index in [2.05, 4.69) is 32.2 Å². The summed E-state index contributed by atoms with van der Waals surface area (Å²) in [4.78, 5) is 9.17. The Morgan fingerprint density at radius 3 is 2.96 bits per heavy atom. The molecule has 0 saturated carbocycles. The van der Waals surface area contributed by atoms with Gasteiger partial charge in [0.05, 0.1) is 6.20 Å². The number of likely N-dealkylation sites (tertiary alicyclic amines) is 1. The molecule has 1 fully saturated rings. The van der Waals surface area contributed by atoms with Gasteiger partial charge in [-0.3, -0.25) is 10.00 Å². The van der Waals surface area contributed by atoms with E-state index in [4.69, 9.17) is 0 Å². The molecule has 1 aliphatic carbocycles. The fraction of sp³-hybridized carbons (Fsp3) is 0.556. The number of aromatic nitrogens is 3. The van der Waals surface area contributed by atoms with Crippen LogP contribution in [-0.4, -0.2) is 47.3 Å². The molecule has 122 valence electrons. The van der Waals surface area contributed by atoms with Crippen LogP contribution in [0.15, 0.2) is 24.5 Å². The molecule has 2 aromatic heterocycles. The third kappa shape index (κ3) is 2.63. The summed E-state index contributed by atoms with van der Waals surface area (Å²) in [6.45, 7) is 3.31. The molecule has 2 aliphatic rings. The Labute approximate surface area is 137 Å². The Hall–Kier alpha value is -1.88. The number of rotatable bonds is 3. The van der Waals surface area contributed by atoms with Crippen molar-refractivity contribution in [1.29, 1.82) is 0 Å². The highest BCUT2D eigenvalue weighted by atomic mass is 15.2. The predicted octanol–water partition coefficient (Wildman–Crippen LogP) is 2.35. The van der Waals surface area contributed by atoms with Crippen LogP contribution in [0.1, 0.15) is 36.1 Å². The molecule has 2 aromatic rings. The Kier molecular flexibility index (Phi) is 3.60. The van der Waals surface area contributed by atoms with Gasteiger partial charge in [-0.25, -0.2) is 4.98 Å². The van der Waals surface area contributed by atoms with Gasteiger partial charge in [0.25, 0.3) is 0 Å². The van der Waals surface area contributed by atoms with Gasteiger partial charge in [0, 0.05) is 44.5 Å². The molecule has 23 heavy (non-hydrogen) atoms. The molecular formula is C18H25N5. The van der Waals surface area contributed by atoms with Crippen molar-refractivity contribution >= 4 is 5.82 Å². The summed E-state index contributed by atoms with van der Waals surface area (Å²) in [5, 5.41) is 7.56. The lowest BCUT2D eigenvalue weighted by Crippen LogP contribution is -2.44. The number of fused-ring (bicyclic) bond motifs is 2. The summed E-state index contributed by atoms with van der Waals surface area (Å²) in [5.41, 5.74) is 4.45. The first kappa shape index (κ1) is 14.7. The van der Waals surface area contributed by atoms with Crippen LogP contribution < -0.4 is 4.90 Å². The topological polar surface area (TPSA) is 48.0 Å². The third-order valence-electron chi connectivity index (χ3n) is 5.45. The van der Waals surface area contributed by atoms with Gasteiger partial charge >= 0.3 is 0 Å². The van der Waals surface area contributed by atoms with Crippen LogP contribution in [0.25, 0.3) is 0 Å². The van der Waals surface area contributed by atoms with Crippen molar-refractivity contribution in [2.45, 2.75) is 37.6 Å². The number of hydrogen-bond acceptors (Lipinski definition) is 4. The lowest BCUT2D eigenvalue weighted by molar-refractivity contribution is 0.136. The van der Waals surface area contributed by atoms with Crippen LogP contribution in [0, 0.1) is 0 Å². The van der Waals surface area contributed by atoms with Crippen molar-refractivity contribution in [3.05, 3.63) is 41.3 Å². The first-order chi connectivity index (χ1) is 11.2. The van der Waals surface area contributed by atoms with E-state index in [0.29, 0.717) is 5.41 Å². The van der Waals surface area contributed by atoms with Gasteiger partial charge in [-0.15, -0.1) is 0 Å². The second-order valence-electron chi connectivity index (χ2n) is 7.28. The van der Waals surface area contributed by atoms with E-state index >= 15 is 0 Å². The molecule has 0 radical (unpaired) electrons. The molecule has 0 aromatic carbocycles. The number of H-pyrrole nitrogens is 1. The van der Waals surface area contributed by atoms with Crippen LogP contribution in [0.2, 0.25) is 0 Å². The number of aryl methyl sites for hydroxylation is 1. The largest absolute Gasteiger partial charge is 0.363 e. The van der Waals surface area contributed by atoms with Gasteiger partial charge in [-0.2, -0.15) is 5.10 Å². The molecule has 1 spiro atoms. The highest BCUT2D eigenvalue weighted by molar-refractivity contribution is 5.37. The molecule has 1 atom stereocenters. The summed E-state index contributed by atoms with van der Waals surface area (Å²) < 4.78 is 0. The molecular weight excluding hydrogens is 286 g/mol. The van der Waals surface area contributed by atoms with Gasteiger partial charge in [-0.1, -0.05) is 6.07 Å². The zero-order valence-corrected chi connectivity index (χ0v) is 14.0. The monoisotopic (exact) mass is 311 g/mol. The lowest BCUT2D eigenvalue weighted by atomic mass is 9.77. The van der Waals surface area contributed by atoms with Crippen molar-refractivity contribution in [2.75, 3.05) is 32.1 Å². The minimum Gasteiger partial charge on any atom is -0.363 e. The molecule has 1 N–H and O–H groups in total. The number of pyridine rings is 1. The van der Waals surface area contributed by atoms with E-state index in [1.165, 1.54) is 49.0 Å². The molecule has 5 heteroatoms. The van der Waals surface area contributed by atoms with E-state index < -0.39 is 0 Å². The molecule has 0 amide bonds.